The standard InChI is InChI=1S/C26H34N4/c1-19-23(29-25(28-19)26(2,3)4)24(30-17-15-27-16-18-30)22(20-11-7-5-8-12-20)21-13-9-6-10-14-21/h5-14,22,24,27H,15-18H2,1-4H3,(H,28,29). The minimum atomic E-state index is -0.00793. The van der Waals surface area contributed by atoms with Gasteiger partial charge < -0.3 is 10.3 Å². The lowest BCUT2D eigenvalue weighted by Crippen LogP contribution is -2.47. The Morgan fingerprint density at radius 3 is 1.87 bits per heavy atom. The fourth-order valence-electron chi connectivity index (χ4n) is 4.50. The van der Waals surface area contributed by atoms with Gasteiger partial charge in [-0.1, -0.05) is 81.4 Å². The fraction of sp³-hybridized carbons (Fsp3) is 0.423. The van der Waals surface area contributed by atoms with Crippen molar-refractivity contribution in [1.29, 1.82) is 0 Å². The Kier molecular flexibility index (Phi) is 6.07. The number of nitrogens with one attached hydrogen (secondary N) is 2. The van der Waals surface area contributed by atoms with E-state index >= 15 is 0 Å². The number of H-pyrrole nitrogens is 1. The van der Waals surface area contributed by atoms with Crippen LogP contribution in [0.5, 0.6) is 0 Å². The van der Waals surface area contributed by atoms with Gasteiger partial charge >= 0.3 is 0 Å². The summed E-state index contributed by atoms with van der Waals surface area (Å²) >= 11 is 0. The first-order valence-electron chi connectivity index (χ1n) is 11.1. The van der Waals surface area contributed by atoms with Crippen molar-refractivity contribution in [3.05, 3.63) is 89.0 Å². The van der Waals surface area contributed by atoms with Crippen LogP contribution < -0.4 is 5.32 Å². The van der Waals surface area contributed by atoms with Crippen molar-refractivity contribution in [1.82, 2.24) is 20.2 Å². The molecule has 1 aliphatic rings. The molecule has 2 heterocycles. The molecule has 1 unspecified atom stereocenters. The molecule has 0 spiro atoms. The molecule has 1 fully saturated rings. The molecule has 158 valence electrons. The molecule has 1 atom stereocenters. The van der Waals surface area contributed by atoms with Gasteiger partial charge in [0.25, 0.3) is 0 Å². The number of aromatic amines is 1. The summed E-state index contributed by atoms with van der Waals surface area (Å²) in [5.74, 6) is 1.29. The van der Waals surface area contributed by atoms with Crippen molar-refractivity contribution in [2.45, 2.75) is 45.1 Å². The summed E-state index contributed by atoms with van der Waals surface area (Å²) in [5, 5.41) is 3.51. The highest BCUT2D eigenvalue weighted by atomic mass is 15.2. The third-order valence-electron chi connectivity index (χ3n) is 6.09. The summed E-state index contributed by atoms with van der Waals surface area (Å²) in [6.07, 6.45) is 0. The van der Waals surface area contributed by atoms with Crippen LogP contribution in [0.2, 0.25) is 0 Å². The highest BCUT2D eigenvalue weighted by molar-refractivity contribution is 5.38. The molecule has 0 radical (unpaired) electrons. The van der Waals surface area contributed by atoms with Gasteiger partial charge in [-0.3, -0.25) is 4.90 Å². The number of aromatic nitrogens is 2. The first-order valence-corrected chi connectivity index (χ1v) is 11.1. The Morgan fingerprint density at radius 2 is 1.40 bits per heavy atom. The largest absolute Gasteiger partial charge is 0.345 e. The molecule has 1 saturated heterocycles. The fourth-order valence-corrected chi connectivity index (χ4v) is 4.50. The first-order chi connectivity index (χ1) is 14.4. The number of hydrogen-bond donors (Lipinski definition) is 2. The summed E-state index contributed by atoms with van der Waals surface area (Å²) in [5.41, 5.74) is 5.03. The van der Waals surface area contributed by atoms with Gasteiger partial charge in [-0.2, -0.15) is 0 Å². The van der Waals surface area contributed by atoms with Gasteiger partial charge in [-0.25, -0.2) is 4.98 Å². The maximum absolute atomic E-state index is 5.21. The van der Waals surface area contributed by atoms with Crippen LogP contribution in [-0.4, -0.2) is 41.0 Å². The quantitative estimate of drug-likeness (QED) is 0.645. The van der Waals surface area contributed by atoms with Crippen molar-refractivity contribution in [3.8, 4) is 0 Å². The topological polar surface area (TPSA) is 44.0 Å². The predicted octanol–water partition coefficient (Wildman–Crippen LogP) is 4.79. The van der Waals surface area contributed by atoms with E-state index in [4.69, 9.17) is 4.98 Å². The number of piperazine rings is 1. The summed E-state index contributed by atoms with van der Waals surface area (Å²) in [7, 11) is 0. The zero-order chi connectivity index (χ0) is 21.1. The van der Waals surface area contributed by atoms with Crippen LogP contribution in [0, 0.1) is 6.92 Å². The molecule has 3 aromatic rings. The molecule has 0 saturated carbocycles. The summed E-state index contributed by atoms with van der Waals surface area (Å²) in [6.45, 7) is 12.9. The Labute approximate surface area is 180 Å². The molecule has 1 aromatic heterocycles. The zero-order valence-corrected chi connectivity index (χ0v) is 18.7. The van der Waals surface area contributed by atoms with Gasteiger partial charge in [-0.05, 0) is 18.1 Å². The van der Waals surface area contributed by atoms with Crippen molar-refractivity contribution in [2.24, 2.45) is 0 Å². The van der Waals surface area contributed by atoms with Gasteiger partial charge in [0, 0.05) is 43.2 Å². The molecule has 0 aliphatic carbocycles. The average molecular weight is 403 g/mol. The SMILES string of the molecule is Cc1[nH]c(C(C)(C)C)nc1C(C(c1ccccc1)c1ccccc1)N1CCNCC1. The molecule has 2 N–H and O–H groups in total. The smallest absolute Gasteiger partial charge is 0.112 e. The van der Waals surface area contributed by atoms with Crippen LogP contribution in [-0.2, 0) is 5.41 Å². The minimum absolute atomic E-state index is 0.00793. The molecule has 4 heteroatoms. The third kappa shape index (κ3) is 4.35. The molecule has 4 nitrogen and oxygen atoms in total. The Morgan fingerprint density at radius 1 is 0.867 bits per heavy atom. The second kappa shape index (κ2) is 8.75. The van der Waals surface area contributed by atoms with Gasteiger partial charge in [0.05, 0.1) is 11.7 Å². The highest BCUT2D eigenvalue weighted by Gasteiger charge is 2.36. The number of benzene rings is 2. The van der Waals surface area contributed by atoms with E-state index in [-0.39, 0.29) is 17.4 Å². The lowest BCUT2D eigenvalue weighted by Gasteiger charge is -2.39. The van der Waals surface area contributed by atoms with Crippen LogP contribution in [0.3, 0.4) is 0 Å². The van der Waals surface area contributed by atoms with Crippen molar-refractivity contribution >= 4 is 0 Å². The molecule has 30 heavy (non-hydrogen) atoms. The zero-order valence-electron chi connectivity index (χ0n) is 18.7. The third-order valence-corrected chi connectivity index (χ3v) is 6.09. The van der Waals surface area contributed by atoms with E-state index in [1.165, 1.54) is 22.5 Å². The normalized spacial score (nSPS) is 16.7. The van der Waals surface area contributed by atoms with Gasteiger partial charge in [0.15, 0.2) is 0 Å². The van der Waals surface area contributed by atoms with Crippen LogP contribution in [0.1, 0.15) is 61.1 Å². The minimum Gasteiger partial charge on any atom is -0.345 e. The van der Waals surface area contributed by atoms with Gasteiger partial charge in [0.1, 0.15) is 5.82 Å². The maximum atomic E-state index is 5.21. The molecular formula is C26H34N4. The Bertz CT molecular complexity index is 895. The van der Waals surface area contributed by atoms with E-state index < -0.39 is 0 Å². The number of aryl methyl sites for hydroxylation is 1. The molecule has 0 bridgehead atoms. The Balaban J connectivity index is 1.88. The van der Waals surface area contributed by atoms with Crippen LogP contribution in [0.25, 0.3) is 0 Å². The summed E-state index contributed by atoms with van der Waals surface area (Å²) in [4.78, 5) is 11.4. The van der Waals surface area contributed by atoms with E-state index in [1.807, 2.05) is 0 Å². The molecule has 0 amide bonds. The summed E-state index contributed by atoms with van der Waals surface area (Å²) < 4.78 is 0. The lowest BCUT2D eigenvalue weighted by molar-refractivity contribution is 0.156. The predicted molar refractivity (Wildman–Crippen MR) is 124 cm³/mol. The van der Waals surface area contributed by atoms with E-state index in [0.717, 1.165) is 32.0 Å². The number of rotatable bonds is 5. The number of imidazole rings is 1. The first kappa shape index (κ1) is 20.8. The van der Waals surface area contributed by atoms with Gasteiger partial charge in [0.2, 0.25) is 0 Å². The van der Waals surface area contributed by atoms with Crippen molar-refractivity contribution < 1.29 is 0 Å². The Hall–Kier alpha value is -2.43. The average Bonchev–Trinajstić information content (AvgIpc) is 3.15. The highest BCUT2D eigenvalue weighted by Crippen LogP contribution is 2.41. The van der Waals surface area contributed by atoms with Crippen LogP contribution in [0.4, 0.5) is 0 Å². The molecule has 2 aromatic carbocycles. The van der Waals surface area contributed by atoms with E-state index in [1.54, 1.807) is 0 Å². The van der Waals surface area contributed by atoms with E-state index in [9.17, 15) is 0 Å². The molecule has 1 aliphatic heterocycles. The van der Waals surface area contributed by atoms with Crippen molar-refractivity contribution in [3.63, 3.8) is 0 Å². The monoisotopic (exact) mass is 402 g/mol. The second-order valence-corrected chi connectivity index (χ2v) is 9.38. The molecule has 4 rings (SSSR count). The van der Waals surface area contributed by atoms with E-state index in [0.29, 0.717) is 0 Å². The summed E-state index contributed by atoms with van der Waals surface area (Å²) in [6, 6.07) is 22.0. The van der Waals surface area contributed by atoms with Crippen LogP contribution >= 0.6 is 0 Å². The number of hydrogen-bond acceptors (Lipinski definition) is 3. The van der Waals surface area contributed by atoms with Gasteiger partial charge in [-0.15, -0.1) is 0 Å². The second-order valence-electron chi connectivity index (χ2n) is 9.38. The van der Waals surface area contributed by atoms with Crippen molar-refractivity contribution in [2.75, 3.05) is 26.2 Å². The molecular weight excluding hydrogens is 368 g/mol. The number of nitrogens with zero attached hydrogens (tertiary/aromatic N) is 2. The lowest BCUT2D eigenvalue weighted by atomic mass is 9.82. The van der Waals surface area contributed by atoms with E-state index in [2.05, 4.69) is 104 Å². The van der Waals surface area contributed by atoms with Crippen LogP contribution in [0.15, 0.2) is 60.7 Å². The maximum Gasteiger partial charge on any atom is 0.112 e.